The number of carbonyl (C=O) groups excluding carboxylic acids is 1. The lowest BCUT2D eigenvalue weighted by Crippen LogP contribution is -2.36. The first-order chi connectivity index (χ1) is 17.6. The summed E-state index contributed by atoms with van der Waals surface area (Å²) in [7, 11) is 3.17. The molecule has 0 N–H and O–H groups in total. The highest BCUT2D eigenvalue weighted by molar-refractivity contribution is 5.89. The number of hydrogen-bond acceptors (Lipinski definition) is 9. The lowest BCUT2D eigenvalue weighted by atomic mass is 10.2. The van der Waals surface area contributed by atoms with Crippen LogP contribution in [0.2, 0.25) is 0 Å². The molecule has 196 valence electrons. The minimum atomic E-state index is -0.571. The Morgan fingerprint density at radius 3 is 2.36 bits per heavy atom. The molecule has 0 aromatic heterocycles. The molecule has 36 heavy (non-hydrogen) atoms. The van der Waals surface area contributed by atoms with E-state index in [-0.39, 0.29) is 5.70 Å². The minimum absolute atomic E-state index is 0.103. The van der Waals surface area contributed by atoms with Crippen LogP contribution >= 0.6 is 0 Å². The third kappa shape index (κ3) is 7.34. The van der Waals surface area contributed by atoms with Crippen molar-refractivity contribution in [2.24, 2.45) is 10.2 Å². The average molecular weight is 499 g/mol. The van der Waals surface area contributed by atoms with Crippen LogP contribution in [-0.4, -0.2) is 64.5 Å². The van der Waals surface area contributed by atoms with Crippen LogP contribution in [0.15, 0.2) is 58.2 Å². The van der Waals surface area contributed by atoms with Crippen molar-refractivity contribution in [2.45, 2.75) is 39.5 Å². The van der Waals surface area contributed by atoms with Crippen molar-refractivity contribution in [3.05, 3.63) is 48.0 Å². The van der Waals surface area contributed by atoms with Gasteiger partial charge >= 0.3 is 5.97 Å². The molecule has 0 radical (unpaired) electrons. The minimum Gasteiger partial charge on any atom is -0.491 e. The lowest BCUT2D eigenvalue weighted by Gasteiger charge is -2.31. The summed E-state index contributed by atoms with van der Waals surface area (Å²) in [5, 5.41) is 8.81. The summed E-state index contributed by atoms with van der Waals surface area (Å²) >= 11 is 0. The van der Waals surface area contributed by atoms with Crippen molar-refractivity contribution in [1.82, 2.24) is 4.90 Å². The topological polar surface area (TPSA) is 85.2 Å². The Bertz CT molecular complexity index is 996. The predicted octanol–water partition coefficient (Wildman–Crippen LogP) is 5.36. The van der Waals surface area contributed by atoms with E-state index in [1.54, 1.807) is 11.0 Å². The fourth-order valence-electron chi connectivity index (χ4n) is 3.72. The molecule has 2 heterocycles. The summed E-state index contributed by atoms with van der Waals surface area (Å²) in [6.07, 6.45) is 11.2. The second-order valence-electron chi connectivity index (χ2n) is 8.53. The Hall–Kier alpha value is -3.33. The van der Waals surface area contributed by atoms with Gasteiger partial charge in [-0.3, -0.25) is 0 Å². The van der Waals surface area contributed by atoms with Crippen LogP contribution in [0.3, 0.4) is 0 Å². The number of esters is 1. The van der Waals surface area contributed by atoms with Gasteiger partial charge < -0.3 is 28.7 Å². The fourth-order valence-corrected chi connectivity index (χ4v) is 3.72. The molecule has 3 rings (SSSR count). The van der Waals surface area contributed by atoms with Gasteiger partial charge in [0.05, 0.1) is 44.9 Å². The van der Waals surface area contributed by atoms with Crippen LogP contribution in [0.1, 0.15) is 39.5 Å². The number of morpholine rings is 1. The summed E-state index contributed by atoms with van der Waals surface area (Å²) < 4.78 is 22.9. The Balaban J connectivity index is 2.04. The maximum atomic E-state index is 12.6. The standard InChI is InChI=1S/C27H38N4O5/c1-5-7-15-35-24-20-23(31-13-17-34-18-14-31)25(36-16-8-6-2)19-21(24)28-29-26(27(32)33-4)22-11-9-10-12-30(22)3/h9-12,19-20H,5-8,13-18H2,1-4H3/b26-22-,29-28?. The van der Waals surface area contributed by atoms with Crippen molar-refractivity contribution in [2.75, 3.05) is 58.6 Å². The molecule has 1 aromatic carbocycles. The quantitative estimate of drug-likeness (QED) is 0.166. The zero-order valence-corrected chi connectivity index (χ0v) is 21.9. The molecular formula is C27H38N4O5. The molecule has 0 saturated carbocycles. The average Bonchev–Trinajstić information content (AvgIpc) is 2.91. The molecule has 0 spiro atoms. The number of nitrogens with zero attached hydrogens (tertiary/aromatic N) is 4. The number of rotatable bonds is 12. The summed E-state index contributed by atoms with van der Waals surface area (Å²) in [6, 6.07) is 3.82. The van der Waals surface area contributed by atoms with Crippen LogP contribution in [0, 0.1) is 0 Å². The molecule has 2 aliphatic rings. The number of benzene rings is 1. The lowest BCUT2D eigenvalue weighted by molar-refractivity contribution is -0.136. The van der Waals surface area contributed by atoms with Gasteiger partial charge in [-0.25, -0.2) is 4.79 Å². The molecular weight excluding hydrogens is 460 g/mol. The zero-order chi connectivity index (χ0) is 25.8. The van der Waals surface area contributed by atoms with Gasteiger partial charge in [0.2, 0.25) is 0 Å². The number of anilines is 1. The number of methoxy groups -OCH3 is 1. The van der Waals surface area contributed by atoms with E-state index in [0.717, 1.165) is 44.5 Å². The number of unbranched alkanes of at least 4 members (excludes halogenated alkanes) is 2. The third-order valence-corrected chi connectivity index (χ3v) is 5.84. The Morgan fingerprint density at radius 2 is 1.72 bits per heavy atom. The number of allylic oxidation sites excluding steroid dienone is 3. The number of azo groups is 1. The van der Waals surface area contributed by atoms with Crippen LogP contribution in [0.4, 0.5) is 11.4 Å². The van der Waals surface area contributed by atoms with Gasteiger partial charge in [0.1, 0.15) is 17.2 Å². The normalized spacial score (nSPS) is 17.0. The van der Waals surface area contributed by atoms with Crippen molar-refractivity contribution in [1.29, 1.82) is 0 Å². The Morgan fingerprint density at radius 1 is 1.03 bits per heavy atom. The molecule has 1 saturated heterocycles. The van der Waals surface area contributed by atoms with Crippen LogP contribution < -0.4 is 14.4 Å². The van der Waals surface area contributed by atoms with Gasteiger partial charge in [-0.05, 0) is 25.0 Å². The fraction of sp³-hybridized carbons (Fsp3) is 0.519. The van der Waals surface area contributed by atoms with Crippen LogP contribution in [0.5, 0.6) is 11.5 Å². The monoisotopic (exact) mass is 498 g/mol. The highest BCUT2D eigenvalue weighted by Crippen LogP contribution is 2.41. The van der Waals surface area contributed by atoms with E-state index < -0.39 is 5.97 Å². The van der Waals surface area contributed by atoms with E-state index >= 15 is 0 Å². The summed E-state index contributed by atoms with van der Waals surface area (Å²) in [4.78, 5) is 16.6. The molecule has 0 atom stereocenters. The van der Waals surface area contributed by atoms with Gasteiger partial charge in [-0.2, -0.15) is 0 Å². The number of hydrogen-bond donors (Lipinski definition) is 0. The summed E-state index contributed by atoms with van der Waals surface area (Å²) in [6.45, 7) is 8.25. The van der Waals surface area contributed by atoms with Gasteiger partial charge in [-0.15, -0.1) is 10.2 Å². The number of likely N-dealkylation sites (N-methyl/N-ethyl adjacent to an activating group) is 1. The number of carbonyl (C=O) groups is 1. The molecule has 1 aromatic rings. The first kappa shape index (κ1) is 27.3. The Kier molecular flexibility index (Phi) is 10.8. The predicted molar refractivity (Wildman–Crippen MR) is 140 cm³/mol. The van der Waals surface area contributed by atoms with E-state index in [4.69, 9.17) is 18.9 Å². The third-order valence-electron chi connectivity index (χ3n) is 5.84. The zero-order valence-electron chi connectivity index (χ0n) is 21.9. The first-order valence-corrected chi connectivity index (χ1v) is 12.7. The largest absolute Gasteiger partial charge is 0.491 e. The van der Waals surface area contributed by atoms with Gasteiger partial charge in [0, 0.05) is 38.5 Å². The molecule has 9 heteroatoms. The second kappa shape index (κ2) is 14.3. The smallest absolute Gasteiger partial charge is 0.360 e. The highest BCUT2D eigenvalue weighted by atomic mass is 16.5. The van der Waals surface area contributed by atoms with Gasteiger partial charge in [0.25, 0.3) is 0 Å². The summed E-state index contributed by atoms with van der Waals surface area (Å²) in [5.74, 6) is 0.739. The van der Waals surface area contributed by atoms with Gasteiger partial charge in [0.15, 0.2) is 5.70 Å². The Labute approximate surface area is 214 Å². The van der Waals surface area contributed by atoms with E-state index in [1.807, 2.05) is 37.5 Å². The maximum absolute atomic E-state index is 12.6. The molecule has 0 unspecified atom stereocenters. The SMILES string of the molecule is CCCCOc1cc(N2CCOCC2)c(OCCCC)cc1N=N/C(C(=O)OC)=C1/C=CC=CN1C. The van der Waals surface area contributed by atoms with Crippen molar-refractivity contribution >= 4 is 17.3 Å². The molecule has 0 bridgehead atoms. The molecule has 0 amide bonds. The van der Waals surface area contributed by atoms with Crippen LogP contribution in [0.25, 0.3) is 0 Å². The van der Waals surface area contributed by atoms with Gasteiger partial charge in [-0.1, -0.05) is 32.8 Å². The molecule has 1 fully saturated rings. The first-order valence-electron chi connectivity index (χ1n) is 12.7. The molecule has 0 aliphatic carbocycles. The van der Waals surface area contributed by atoms with Crippen molar-refractivity contribution in [3.63, 3.8) is 0 Å². The van der Waals surface area contributed by atoms with Crippen LogP contribution in [-0.2, 0) is 14.3 Å². The highest BCUT2D eigenvalue weighted by Gasteiger charge is 2.22. The number of ether oxygens (including phenoxy) is 4. The summed E-state index contributed by atoms with van der Waals surface area (Å²) in [5.41, 5.74) is 2.14. The van der Waals surface area contributed by atoms with E-state index in [2.05, 4.69) is 29.0 Å². The van der Waals surface area contributed by atoms with E-state index in [0.29, 0.717) is 49.3 Å². The van der Waals surface area contributed by atoms with Crippen molar-refractivity contribution < 1.29 is 23.7 Å². The molecule has 9 nitrogen and oxygen atoms in total. The maximum Gasteiger partial charge on any atom is 0.360 e. The van der Waals surface area contributed by atoms with Crippen molar-refractivity contribution in [3.8, 4) is 11.5 Å². The van der Waals surface area contributed by atoms with E-state index in [1.165, 1.54) is 7.11 Å². The second-order valence-corrected chi connectivity index (χ2v) is 8.53. The van der Waals surface area contributed by atoms with E-state index in [9.17, 15) is 4.79 Å². The molecule has 2 aliphatic heterocycles.